The number of esters is 1. The number of aromatic nitrogens is 3. The minimum absolute atomic E-state index is 0.000680. The lowest BCUT2D eigenvalue weighted by Crippen LogP contribution is -2.47. The average molecular weight is 587 g/mol. The highest BCUT2D eigenvalue weighted by atomic mass is 19.4. The molecule has 0 radical (unpaired) electrons. The predicted octanol–water partition coefficient (Wildman–Crippen LogP) is 4.39. The van der Waals surface area contributed by atoms with Crippen LogP contribution in [0.3, 0.4) is 0 Å². The summed E-state index contributed by atoms with van der Waals surface area (Å²) in [7, 11) is 0. The van der Waals surface area contributed by atoms with Crippen molar-refractivity contribution in [1.29, 1.82) is 5.26 Å². The molecule has 42 heavy (non-hydrogen) atoms. The number of carbonyl (C=O) groups is 1. The molecule has 0 aliphatic carbocycles. The first-order chi connectivity index (χ1) is 19.8. The third-order valence-electron chi connectivity index (χ3n) is 7.95. The molecular formula is C29H33F3N6O4. The van der Waals surface area contributed by atoms with E-state index in [-0.39, 0.29) is 55.7 Å². The Morgan fingerprint density at radius 3 is 2.55 bits per heavy atom. The van der Waals surface area contributed by atoms with Gasteiger partial charge in [-0.3, -0.25) is 9.48 Å². The van der Waals surface area contributed by atoms with Gasteiger partial charge in [0.25, 0.3) is 5.56 Å². The normalized spacial score (nSPS) is 24.8. The van der Waals surface area contributed by atoms with Gasteiger partial charge in [0.05, 0.1) is 30.2 Å². The quantitative estimate of drug-likeness (QED) is 0.362. The van der Waals surface area contributed by atoms with Gasteiger partial charge in [0.1, 0.15) is 16.4 Å². The van der Waals surface area contributed by atoms with Crippen LogP contribution in [0, 0.1) is 11.3 Å². The van der Waals surface area contributed by atoms with Crippen molar-refractivity contribution in [2.75, 3.05) is 25.0 Å². The van der Waals surface area contributed by atoms with Crippen molar-refractivity contribution in [2.45, 2.75) is 75.3 Å². The Bertz CT molecular complexity index is 1550. The summed E-state index contributed by atoms with van der Waals surface area (Å²) in [4.78, 5) is 28.2. The zero-order valence-corrected chi connectivity index (χ0v) is 23.6. The molecule has 224 valence electrons. The third-order valence-corrected chi connectivity index (χ3v) is 7.95. The lowest BCUT2D eigenvalue weighted by atomic mass is 9.79. The van der Waals surface area contributed by atoms with Crippen LogP contribution in [0.5, 0.6) is 0 Å². The molecule has 0 spiro atoms. The number of hydrogen-bond acceptors (Lipinski definition) is 8. The molecule has 13 heteroatoms. The molecular weight excluding hydrogens is 553 g/mol. The van der Waals surface area contributed by atoms with Gasteiger partial charge in [0, 0.05) is 18.4 Å². The minimum atomic E-state index is -4.41. The number of nitriles is 1. The first-order valence-corrected chi connectivity index (χ1v) is 13.8. The van der Waals surface area contributed by atoms with E-state index in [2.05, 4.69) is 21.7 Å². The van der Waals surface area contributed by atoms with Gasteiger partial charge >= 0.3 is 12.1 Å². The maximum Gasteiger partial charge on any atom is 0.399 e. The van der Waals surface area contributed by atoms with Crippen molar-refractivity contribution in [2.24, 2.45) is 0 Å². The molecule has 5 rings (SSSR count). The number of nitrogens with one attached hydrogen (secondary N) is 3. The molecule has 0 unspecified atom stereocenters. The van der Waals surface area contributed by atoms with Crippen LogP contribution in [0.1, 0.15) is 52.0 Å². The van der Waals surface area contributed by atoms with Gasteiger partial charge in [-0.05, 0) is 70.3 Å². The van der Waals surface area contributed by atoms with Crippen LogP contribution in [0.15, 0.2) is 41.3 Å². The number of hydrogen-bond donors (Lipinski definition) is 3. The number of alkyl halides is 3. The maximum absolute atomic E-state index is 14.0. The number of H-pyrrole nitrogens is 1. The van der Waals surface area contributed by atoms with E-state index in [9.17, 15) is 28.0 Å². The van der Waals surface area contributed by atoms with Gasteiger partial charge in [0.2, 0.25) is 0 Å². The van der Waals surface area contributed by atoms with Crippen LogP contribution >= 0.6 is 0 Å². The first-order valence-electron chi connectivity index (χ1n) is 13.8. The van der Waals surface area contributed by atoms with E-state index < -0.39 is 40.4 Å². The lowest BCUT2D eigenvalue weighted by Gasteiger charge is -2.39. The zero-order chi connectivity index (χ0) is 30.3. The van der Waals surface area contributed by atoms with Gasteiger partial charge < -0.3 is 25.1 Å². The molecule has 2 saturated heterocycles. The Morgan fingerprint density at radius 1 is 1.24 bits per heavy atom. The molecule has 2 fully saturated rings. The summed E-state index contributed by atoms with van der Waals surface area (Å²) in [5, 5.41) is 20.5. The number of halogens is 3. The lowest BCUT2D eigenvalue weighted by molar-refractivity contribution is -0.185. The van der Waals surface area contributed by atoms with Gasteiger partial charge in [-0.2, -0.15) is 23.5 Å². The number of fused-ring (bicyclic) bond motifs is 1. The minimum Gasteiger partial charge on any atom is -0.458 e. The van der Waals surface area contributed by atoms with Gasteiger partial charge in [-0.15, -0.1) is 0 Å². The van der Waals surface area contributed by atoms with Gasteiger partial charge in [0.15, 0.2) is 11.9 Å². The smallest absolute Gasteiger partial charge is 0.399 e. The summed E-state index contributed by atoms with van der Waals surface area (Å²) in [5.74, 6) is -0.305. The molecule has 0 amide bonds. The van der Waals surface area contributed by atoms with Gasteiger partial charge in [-0.25, -0.2) is 4.79 Å². The molecule has 3 atom stereocenters. The van der Waals surface area contributed by atoms with E-state index in [1.54, 1.807) is 31.5 Å². The predicted molar refractivity (Wildman–Crippen MR) is 148 cm³/mol. The van der Waals surface area contributed by atoms with Crippen LogP contribution < -0.4 is 16.2 Å². The molecule has 0 bridgehead atoms. The number of pyridine rings is 1. The molecule has 0 saturated carbocycles. The Morgan fingerprint density at radius 2 is 1.98 bits per heavy atom. The van der Waals surface area contributed by atoms with Crippen molar-refractivity contribution in [3.05, 3.63) is 52.4 Å². The molecule has 2 aromatic heterocycles. The topological polar surface area (TPSA) is 134 Å². The molecule has 1 aromatic carbocycles. The second-order valence-electron chi connectivity index (χ2n) is 12.0. The maximum atomic E-state index is 14.0. The van der Waals surface area contributed by atoms with Crippen LogP contribution in [0.2, 0.25) is 0 Å². The summed E-state index contributed by atoms with van der Waals surface area (Å²) in [6.07, 6.45) is -3.15. The summed E-state index contributed by atoms with van der Waals surface area (Å²) in [6.45, 7) is 5.37. The zero-order valence-electron chi connectivity index (χ0n) is 23.6. The fourth-order valence-electron chi connectivity index (χ4n) is 5.77. The van der Waals surface area contributed by atoms with Crippen LogP contribution in [-0.4, -0.2) is 58.3 Å². The third kappa shape index (κ3) is 5.36. The summed E-state index contributed by atoms with van der Waals surface area (Å²) in [5.41, 5.74) is -3.00. The molecule has 2 aliphatic heterocycles. The summed E-state index contributed by atoms with van der Waals surface area (Å²) < 4.78 is 55.0. The van der Waals surface area contributed by atoms with Crippen molar-refractivity contribution in [3.8, 4) is 6.07 Å². The highest BCUT2D eigenvalue weighted by Gasteiger charge is 2.57. The number of carbonyl (C=O) groups excluding carboxylic acids is 1. The first kappa shape index (κ1) is 29.6. The highest BCUT2D eigenvalue weighted by molar-refractivity contribution is 5.91. The molecule has 3 N–H and O–H groups in total. The highest BCUT2D eigenvalue weighted by Crippen LogP contribution is 2.46. The second-order valence-corrected chi connectivity index (χ2v) is 12.0. The van der Waals surface area contributed by atoms with Crippen molar-refractivity contribution in [1.82, 2.24) is 20.1 Å². The molecule has 2 aliphatic rings. The number of aromatic amines is 1. The molecule has 4 heterocycles. The van der Waals surface area contributed by atoms with Crippen LogP contribution in [0.4, 0.5) is 24.7 Å². The van der Waals surface area contributed by atoms with Crippen molar-refractivity contribution >= 4 is 28.4 Å². The largest absolute Gasteiger partial charge is 0.458 e. The standard InChI is InChI=1S/C29H33F3N6O4/c1-26(2,3)42-25(40)21-8-10-27(11-13-33,17-41-21)38-20-9-14-35-24(39)22(20)23(37-38)36-19-6-4-18(5-7-19)28(29(30,31)32)12-15-34-16-28/h4-7,9,14,21,34H,8,10-12,15-17H2,1-3H3,(H,35,39)(H,36,37)/t21-,27-,28-/m0/s1. The SMILES string of the molecule is CC(C)(C)OC(=O)[C@@H]1CC[C@@](CC#N)(n2nc(Nc3ccc([C@]4(C(F)(F)F)CCNC4)cc3)c3c(=O)[nH]ccc32)CO1. The van der Waals surface area contributed by atoms with E-state index in [0.29, 0.717) is 17.6 Å². The Labute approximate surface area is 240 Å². The van der Waals surface area contributed by atoms with Crippen molar-refractivity contribution in [3.63, 3.8) is 0 Å². The summed E-state index contributed by atoms with van der Waals surface area (Å²) >= 11 is 0. The van der Waals surface area contributed by atoms with Gasteiger partial charge in [-0.1, -0.05) is 12.1 Å². The second kappa shape index (κ2) is 10.7. The van der Waals surface area contributed by atoms with Crippen LogP contribution in [0.25, 0.3) is 10.9 Å². The molecule has 10 nitrogen and oxygen atoms in total. The Hall–Kier alpha value is -3.89. The summed E-state index contributed by atoms with van der Waals surface area (Å²) in [6, 6.07) is 9.79. The number of ether oxygens (including phenoxy) is 2. The fourth-order valence-corrected chi connectivity index (χ4v) is 5.77. The molecule has 3 aromatic rings. The van der Waals surface area contributed by atoms with E-state index in [1.807, 2.05) is 0 Å². The number of benzene rings is 1. The van der Waals surface area contributed by atoms with Crippen molar-refractivity contribution < 1.29 is 27.4 Å². The van der Waals surface area contributed by atoms with E-state index in [1.165, 1.54) is 30.5 Å². The monoisotopic (exact) mass is 586 g/mol. The Balaban J connectivity index is 1.46. The van der Waals surface area contributed by atoms with E-state index in [4.69, 9.17) is 14.6 Å². The number of nitrogens with zero attached hydrogens (tertiary/aromatic N) is 3. The number of anilines is 2. The fraction of sp³-hybridized carbons (Fsp3) is 0.517. The van der Waals surface area contributed by atoms with Crippen LogP contribution in [-0.2, 0) is 25.2 Å². The average Bonchev–Trinajstić information content (AvgIpc) is 3.56. The Kier molecular flexibility index (Phi) is 7.57. The number of rotatable bonds is 6. The van der Waals surface area contributed by atoms with E-state index >= 15 is 0 Å². The van der Waals surface area contributed by atoms with E-state index in [0.717, 1.165) is 0 Å².